The molecule has 0 radical (unpaired) electrons. The lowest BCUT2D eigenvalue weighted by atomic mass is 10.0. The smallest absolute Gasteiger partial charge is 0.326 e. The van der Waals surface area contributed by atoms with E-state index in [9.17, 15) is 4.79 Å². The van der Waals surface area contributed by atoms with Crippen molar-refractivity contribution in [3.8, 4) is 6.07 Å². The number of nitrogens with one attached hydrogen (secondary N) is 1. The van der Waals surface area contributed by atoms with Gasteiger partial charge in [0, 0.05) is 5.69 Å². The van der Waals surface area contributed by atoms with Crippen LogP contribution in [0.25, 0.3) is 0 Å². The van der Waals surface area contributed by atoms with Crippen LogP contribution in [0.3, 0.4) is 0 Å². The molecule has 5 heteroatoms. The Balaban J connectivity index is 2.90. The third kappa shape index (κ3) is 4.06. The van der Waals surface area contributed by atoms with Crippen LogP contribution in [0.1, 0.15) is 31.5 Å². The highest BCUT2D eigenvalue weighted by molar-refractivity contribution is 5.76. The molecule has 1 heterocycles. The minimum atomic E-state index is -0.912. The molecule has 0 aliphatic heterocycles. The number of aliphatic carboxylic acids is 1. The standard InChI is InChI=1S/C13H17N3O2/c1-8(2)4-11(13(17)18)16-12-6-10(7-14)5-9(3)15-12/h5-6,8,11H,4H2,1-3H3,(H,15,16)(H,17,18)/t11-/m0/s1. The third-order valence-electron chi connectivity index (χ3n) is 2.41. The Hall–Kier alpha value is -2.09. The maximum Gasteiger partial charge on any atom is 0.326 e. The molecule has 0 unspecified atom stereocenters. The zero-order valence-electron chi connectivity index (χ0n) is 10.8. The minimum Gasteiger partial charge on any atom is -0.480 e. The van der Waals surface area contributed by atoms with Crippen molar-refractivity contribution >= 4 is 11.8 Å². The number of anilines is 1. The van der Waals surface area contributed by atoms with Gasteiger partial charge in [-0.25, -0.2) is 9.78 Å². The molecule has 0 fully saturated rings. The van der Waals surface area contributed by atoms with Crippen LogP contribution in [0.4, 0.5) is 5.82 Å². The summed E-state index contributed by atoms with van der Waals surface area (Å²) < 4.78 is 0. The molecule has 0 aromatic carbocycles. The number of rotatable bonds is 5. The van der Waals surface area contributed by atoms with Crippen molar-refractivity contribution < 1.29 is 9.90 Å². The first-order valence-corrected chi connectivity index (χ1v) is 5.80. The van der Waals surface area contributed by atoms with Gasteiger partial charge in [-0.3, -0.25) is 0 Å². The van der Waals surface area contributed by atoms with E-state index in [1.54, 1.807) is 19.1 Å². The van der Waals surface area contributed by atoms with Crippen molar-refractivity contribution in [1.29, 1.82) is 5.26 Å². The fraction of sp³-hybridized carbons (Fsp3) is 0.462. The Morgan fingerprint density at radius 1 is 1.56 bits per heavy atom. The van der Waals surface area contributed by atoms with Gasteiger partial charge in [0.1, 0.15) is 11.9 Å². The molecule has 96 valence electrons. The molecule has 1 rings (SSSR count). The highest BCUT2D eigenvalue weighted by Crippen LogP contribution is 2.14. The van der Waals surface area contributed by atoms with Crippen LogP contribution in [0.5, 0.6) is 0 Å². The number of carboxylic acids is 1. The van der Waals surface area contributed by atoms with Crippen LogP contribution in [-0.2, 0) is 4.79 Å². The molecule has 0 spiro atoms. The van der Waals surface area contributed by atoms with Crippen molar-refractivity contribution in [2.45, 2.75) is 33.2 Å². The van der Waals surface area contributed by atoms with Gasteiger partial charge in [0.15, 0.2) is 0 Å². The summed E-state index contributed by atoms with van der Waals surface area (Å²) in [7, 11) is 0. The largest absolute Gasteiger partial charge is 0.480 e. The first kappa shape index (κ1) is 14.0. The SMILES string of the molecule is Cc1cc(C#N)cc(N[C@@H](CC(C)C)C(=O)O)n1. The highest BCUT2D eigenvalue weighted by Gasteiger charge is 2.19. The van der Waals surface area contributed by atoms with E-state index >= 15 is 0 Å². The molecule has 5 nitrogen and oxygen atoms in total. The van der Waals surface area contributed by atoms with Gasteiger partial charge in [0.2, 0.25) is 0 Å². The van der Waals surface area contributed by atoms with E-state index in [1.807, 2.05) is 19.9 Å². The lowest BCUT2D eigenvalue weighted by Crippen LogP contribution is -2.31. The summed E-state index contributed by atoms with van der Waals surface area (Å²) >= 11 is 0. The van der Waals surface area contributed by atoms with E-state index in [0.717, 1.165) is 0 Å². The Morgan fingerprint density at radius 3 is 2.72 bits per heavy atom. The number of aromatic nitrogens is 1. The molecule has 1 atom stereocenters. The summed E-state index contributed by atoms with van der Waals surface area (Å²) in [6, 6.07) is 4.55. The number of hydrogen-bond donors (Lipinski definition) is 2. The van der Waals surface area contributed by atoms with Crippen LogP contribution >= 0.6 is 0 Å². The van der Waals surface area contributed by atoms with Crippen LogP contribution < -0.4 is 5.32 Å². The van der Waals surface area contributed by atoms with Gasteiger partial charge in [-0.2, -0.15) is 5.26 Å². The number of aryl methyl sites for hydroxylation is 1. The average Bonchev–Trinajstić information content (AvgIpc) is 2.26. The second-order valence-electron chi connectivity index (χ2n) is 4.66. The van der Waals surface area contributed by atoms with Gasteiger partial charge in [-0.05, 0) is 31.4 Å². The first-order chi connectivity index (χ1) is 8.42. The highest BCUT2D eigenvalue weighted by atomic mass is 16.4. The summed E-state index contributed by atoms with van der Waals surface area (Å²) in [6.45, 7) is 5.69. The molecule has 1 aromatic rings. The number of pyridine rings is 1. The quantitative estimate of drug-likeness (QED) is 0.832. The number of nitrogens with zero attached hydrogens (tertiary/aromatic N) is 2. The second-order valence-corrected chi connectivity index (χ2v) is 4.66. The molecule has 1 aromatic heterocycles. The van der Waals surface area contributed by atoms with E-state index < -0.39 is 12.0 Å². The molecule has 0 saturated carbocycles. The van der Waals surface area contributed by atoms with E-state index in [2.05, 4.69) is 10.3 Å². The maximum atomic E-state index is 11.1. The lowest BCUT2D eigenvalue weighted by molar-refractivity contribution is -0.138. The molecule has 0 aliphatic rings. The van der Waals surface area contributed by atoms with Gasteiger partial charge < -0.3 is 10.4 Å². The maximum absolute atomic E-state index is 11.1. The number of carboxylic acid groups (broad SMARTS) is 1. The Bertz CT molecular complexity index is 478. The van der Waals surface area contributed by atoms with Crippen LogP contribution in [0, 0.1) is 24.2 Å². The second kappa shape index (κ2) is 6.01. The van der Waals surface area contributed by atoms with Crippen molar-refractivity contribution in [1.82, 2.24) is 4.98 Å². The zero-order chi connectivity index (χ0) is 13.7. The molecule has 18 heavy (non-hydrogen) atoms. The lowest BCUT2D eigenvalue weighted by Gasteiger charge is -2.17. The predicted molar refractivity (Wildman–Crippen MR) is 68.2 cm³/mol. The molecule has 0 bridgehead atoms. The Kier molecular flexibility index (Phi) is 4.67. The summed E-state index contributed by atoms with van der Waals surface area (Å²) in [5.74, 6) is -0.219. The van der Waals surface area contributed by atoms with Crippen LogP contribution in [0.15, 0.2) is 12.1 Å². The number of nitriles is 1. The van der Waals surface area contributed by atoms with Gasteiger partial charge in [0.25, 0.3) is 0 Å². The monoisotopic (exact) mass is 247 g/mol. The number of hydrogen-bond acceptors (Lipinski definition) is 4. The van der Waals surface area contributed by atoms with Gasteiger partial charge in [-0.1, -0.05) is 13.8 Å². The molecular weight excluding hydrogens is 230 g/mol. The van der Waals surface area contributed by atoms with Crippen molar-refractivity contribution in [3.05, 3.63) is 23.4 Å². The van der Waals surface area contributed by atoms with Gasteiger partial charge in [-0.15, -0.1) is 0 Å². The summed E-state index contributed by atoms with van der Waals surface area (Å²) in [5.41, 5.74) is 1.16. The molecule has 0 aliphatic carbocycles. The Labute approximate surface area is 106 Å². The Morgan fingerprint density at radius 2 is 2.22 bits per heavy atom. The van der Waals surface area contributed by atoms with Crippen molar-refractivity contribution in [2.75, 3.05) is 5.32 Å². The van der Waals surface area contributed by atoms with E-state index in [-0.39, 0.29) is 5.92 Å². The summed E-state index contributed by atoms with van der Waals surface area (Å²) in [4.78, 5) is 15.3. The molecule has 2 N–H and O–H groups in total. The number of carbonyl (C=O) groups is 1. The molecular formula is C13H17N3O2. The fourth-order valence-electron chi connectivity index (χ4n) is 1.68. The van der Waals surface area contributed by atoms with Gasteiger partial charge in [0.05, 0.1) is 11.6 Å². The van der Waals surface area contributed by atoms with E-state index in [0.29, 0.717) is 23.5 Å². The predicted octanol–water partition coefficient (Wildman–Crippen LogP) is 2.17. The van der Waals surface area contributed by atoms with Crippen LogP contribution in [-0.4, -0.2) is 22.1 Å². The summed E-state index contributed by atoms with van der Waals surface area (Å²) in [6.07, 6.45) is 0.507. The van der Waals surface area contributed by atoms with E-state index in [4.69, 9.17) is 10.4 Å². The molecule has 0 amide bonds. The fourth-order valence-corrected chi connectivity index (χ4v) is 1.68. The van der Waals surface area contributed by atoms with E-state index in [1.165, 1.54) is 0 Å². The normalized spacial score (nSPS) is 11.9. The van der Waals surface area contributed by atoms with Crippen molar-refractivity contribution in [2.24, 2.45) is 5.92 Å². The zero-order valence-corrected chi connectivity index (χ0v) is 10.8. The minimum absolute atomic E-state index is 0.263. The topological polar surface area (TPSA) is 86.0 Å². The first-order valence-electron chi connectivity index (χ1n) is 5.80. The third-order valence-corrected chi connectivity index (χ3v) is 2.41. The van der Waals surface area contributed by atoms with Crippen molar-refractivity contribution in [3.63, 3.8) is 0 Å². The average molecular weight is 247 g/mol. The van der Waals surface area contributed by atoms with Crippen LogP contribution in [0.2, 0.25) is 0 Å². The summed E-state index contributed by atoms with van der Waals surface area (Å²) in [5, 5.41) is 20.8. The van der Waals surface area contributed by atoms with Gasteiger partial charge >= 0.3 is 5.97 Å². The molecule has 0 saturated heterocycles.